The standard InChI is InChI=1S/C24H29N3O4/c1-18-8-10-19(11-9-18)20(17-26-13-15-30-16-14-26)25-23(28)7-4-12-27-21-5-2-3-6-22(21)31-24(27)29/h2-3,5-6,8-11,20H,4,7,12-17H2,1H3,(H,25,28). The maximum atomic E-state index is 12.7. The number of nitrogens with zero attached hydrogens (tertiary/aromatic N) is 2. The molecular formula is C24H29N3O4. The molecule has 0 spiro atoms. The van der Waals surface area contributed by atoms with Crippen LogP contribution >= 0.6 is 0 Å². The zero-order valence-electron chi connectivity index (χ0n) is 17.9. The number of amides is 1. The Morgan fingerprint density at radius 3 is 2.61 bits per heavy atom. The predicted octanol–water partition coefficient (Wildman–Crippen LogP) is 2.87. The normalized spacial score (nSPS) is 15.8. The van der Waals surface area contributed by atoms with Gasteiger partial charge in [-0.3, -0.25) is 14.3 Å². The summed E-state index contributed by atoms with van der Waals surface area (Å²) in [6.07, 6.45) is 0.908. The third kappa shape index (κ3) is 5.42. The third-order valence-corrected chi connectivity index (χ3v) is 5.72. The molecule has 2 aromatic carbocycles. The summed E-state index contributed by atoms with van der Waals surface area (Å²) in [6.45, 7) is 6.44. The fraction of sp³-hybridized carbons (Fsp3) is 0.417. The summed E-state index contributed by atoms with van der Waals surface area (Å²) in [5.74, 6) is -0.397. The van der Waals surface area contributed by atoms with Gasteiger partial charge in [0, 0.05) is 32.6 Å². The Balaban J connectivity index is 1.37. The van der Waals surface area contributed by atoms with E-state index in [1.807, 2.05) is 18.2 Å². The molecule has 1 saturated heterocycles. The van der Waals surface area contributed by atoms with Crippen molar-refractivity contribution in [2.75, 3.05) is 32.8 Å². The summed E-state index contributed by atoms with van der Waals surface area (Å²) in [5.41, 5.74) is 3.63. The summed E-state index contributed by atoms with van der Waals surface area (Å²) in [4.78, 5) is 27.2. The van der Waals surface area contributed by atoms with Crippen molar-refractivity contribution in [2.45, 2.75) is 32.4 Å². The second-order valence-corrected chi connectivity index (χ2v) is 8.03. The van der Waals surface area contributed by atoms with Gasteiger partial charge in [-0.15, -0.1) is 0 Å². The molecule has 3 aromatic rings. The van der Waals surface area contributed by atoms with Crippen LogP contribution in [0.15, 0.2) is 57.7 Å². The van der Waals surface area contributed by atoms with Crippen molar-refractivity contribution < 1.29 is 13.9 Å². The Labute approximate surface area is 181 Å². The van der Waals surface area contributed by atoms with Crippen LogP contribution in [0.25, 0.3) is 11.1 Å². The lowest BCUT2D eigenvalue weighted by atomic mass is 10.0. The molecule has 7 nitrogen and oxygen atoms in total. The third-order valence-electron chi connectivity index (χ3n) is 5.72. The second kappa shape index (κ2) is 9.94. The molecule has 1 aliphatic heterocycles. The van der Waals surface area contributed by atoms with Gasteiger partial charge in [-0.2, -0.15) is 0 Å². The topological polar surface area (TPSA) is 76.7 Å². The first-order valence-corrected chi connectivity index (χ1v) is 10.8. The smallest absolute Gasteiger partial charge is 0.408 e. The van der Waals surface area contributed by atoms with Crippen LogP contribution < -0.4 is 11.1 Å². The van der Waals surface area contributed by atoms with Crippen molar-refractivity contribution in [1.29, 1.82) is 0 Å². The number of hydrogen-bond donors (Lipinski definition) is 1. The van der Waals surface area contributed by atoms with Gasteiger partial charge in [-0.1, -0.05) is 42.0 Å². The SMILES string of the molecule is Cc1ccc(C(CN2CCOCC2)NC(=O)CCCn2c(=O)oc3ccccc32)cc1. The number of ether oxygens (including phenoxy) is 1. The maximum Gasteiger partial charge on any atom is 0.419 e. The van der Waals surface area contributed by atoms with Gasteiger partial charge in [-0.25, -0.2) is 4.79 Å². The molecule has 0 radical (unpaired) electrons. The second-order valence-electron chi connectivity index (χ2n) is 8.03. The number of rotatable bonds is 8. The summed E-state index contributed by atoms with van der Waals surface area (Å²) < 4.78 is 12.3. The van der Waals surface area contributed by atoms with E-state index < -0.39 is 0 Å². The van der Waals surface area contributed by atoms with Crippen LogP contribution in [0.4, 0.5) is 0 Å². The molecule has 1 fully saturated rings. The molecule has 1 N–H and O–H groups in total. The Bertz CT molecular complexity index is 1060. The zero-order chi connectivity index (χ0) is 21.6. The number of oxazole rings is 1. The molecule has 0 aliphatic carbocycles. The molecule has 7 heteroatoms. The molecule has 0 bridgehead atoms. The average Bonchev–Trinajstić information content (AvgIpc) is 3.10. The number of carbonyl (C=O) groups is 1. The minimum Gasteiger partial charge on any atom is -0.408 e. The van der Waals surface area contributed by atoms with E-state index in [-0.39, 0.29) is 17.7 Å². The van der Waals surface area contributed by atoms with Gasteiger partial charge in [0.15, 0.2) is 5.58 Å². The van der Waals surface area contributed by atoms with Crippen LogP contribution in [0, 0.1) is 6.92 Å². The van der Waals surface area contributed by atoms with Gasteiger partial charge in [0.05, 0.1) is 24.8 Å². The minimum absolute atomic E-state index is 0.0142. The highest BCUT2D eigenvalue weighted by Gasteiger charge is 2.20. The largest absolute Gasteiger partial charge is 0.419 e. The zero-order valence-corrected chi connectivity index (χ0v) is 17.9. The molecule has 0 saturated carbocycles. The highest BCUT2D eigenvalue weighted by atomic mass is 16.5. The van der Waals surface area contributed by atoms with Crippen molar-refractivity contribution in [3.8, 4) is 0 Å². The number of carbonyl (C=O) groups excluding carboxylic acids is 1. The molecule has 31 heavy (non-hydrogen) atoms. The average molecular weight is 424 g/mol. The molecule has 1 aromatic heterocycles. The summed E-state index contributed by atoms with van der Waals surface area (Å²) >= 11 is 0. The molecule has 1 amide bonds. The Kier molecular flexibility index (Phi) is 6.84. The first kappa shape index (κ1) is 21.3. The summed E-state index contributed by atoms with van der Waals surface area (Å²) in [6, 6.07) is 15.6. The number of hydrogen-bond acceptors (Lipinski definition) is 5. The van der Waals surface area contributed by atoms with E-state index in [1.54, 1.807) is 10.6 Å². The van der Waals surface area contributed by atoms with Crippen molar-refractivity contribution in [1.82, 2.24) is 14.8 Å². The van der Waals surface area contributed by atoms with E-state index in [9.17, 15) is 9.59 Å². The lowest BCUT2D eigenvalue weighted by molar-refractivity contribution is -0.122. The van der Waals surface area contributed by atoms with Gasteiger partial charge in [-0.05, 0) is 31.0 Å². The molecule has 1 unspecified atom stereocenters. The number of para-hydroxylation sites is 2. The Morgan fingerprint density at radius 2 is 1.84 bits per heavy atom. The summed E-state index contributed by atoms with van der Waals surface area (Å²) in [7, 11) is 0. The van der Waals surface area contributed by atoms with Gasteiger partial charge < -0.3 is 14.5 Å². The number of aromatic nitrogens is 1. The van der Waals surface area contributed by atoms with Crippen LogP contribution in [0.3, 0.4) is 0 Å². The molecule has 2 heterocycles. The van der Waals surface area contributed by atoms with E-state index in [0.29, 0.717) is 25.0 Å². The highest BCUT2D eigenvalue weighted by Crippen LogP contribution is 2.17. The number of morpholine rings is 1. The number of nitrogens with one attached hydrogen (secondary N) is 1. The number of benzene rings is 2. The number of aryl methyl sites for hydroxylation is 2. The van der Waals surface area contributed by atoms with E-state index >= 15 is 0 Å². The van der Waals surface area contributed by atoms with Crippen molar-refractivity contribution >= 4 is 17.0 Å². The number of fused-ring (bicyclic) bond motifs is 1. The van der Waals surface area contributed by atoms with E-state index in [1.165, 1.54) is 5.56 Å². The lowest BCUT2D eigenvalue weighted by Gasteiger charge is -2.31. The Morgan fingerprint density at radius 1 is 1.10 bits per heavy atom. The molecular weight excluding hydrogens is 394 g/mol. The molecule has 164 valence electrons. The van der Waals surface area contributed by atoms with Gasteiger partial charge >= 0.3 is 5.76 Å². The first-order chi connectivity index (χ1) is 15.1. The Hall–Kier alpha value is -2.90. The van der Waals surface area contributed by atoms with Gasteiger partial charge in [0.25, 0.3) is 0 Å². The maximum absolute atomic E-state index is 12.7. The van der Waals surface area contributed by atoms with Gasteiger partial charge in [0.1, 0.15) is 0 Å². The minimum atomic E-state index is -0.383. The molecule has 4 rings (SSSR count). The van der Waals surface area contributed by atoms with Gasteiger partial charge in [0.2, 0.25) is 5.91 Å². The van der Waals surface area contributed by atoms with Crippen LogP contribution in [-0.4, -0.2) is 48.2 Å². The fourth-order valence-electron chi connectivity index (χ4n) is 3.97. The molecule has 1 atom stereocenters. The van der Waals surface area contributed by atoms with E-state index in [2.05, 4.69) is 41.4 Å². The van der Waals surface area contributed by atoms with Crippen molar-refractivity contribution in [3.05, 3.63) is 70.2 Å². The van der Waals surface area contributed by atoms with E-state index in [4.69, 9.17) is 9.15 Å². The fourth-order valence-corrected chi connectivity index (χ4v) is 3.97. The first-order valence-electron chi connectivity index (χ1n) is 10.8. The van der Waals surface area contributed by atoms with Crippen molar-refractivity contribution in [3.63, 3.8) is 0 Å². The van der Waals surface area contributed by atoms with E-state index in [0.717, 1.165) is 43.9 Å². The van der Waals surface area contributed by atoms with Crippen LogP contribution in [0.2, 0.25) is 0 Å². The van der Waals surface area contributed by atoms with Crippen LogP contribution in [0.5, 0.6) is 0 Å². The van der Waals surface area contributed by atoms with Crippen LogP contribution in [0.1, 0.15) is 30.0 Å². The summed E-state index contributed by atoms with van der Waals surface area (Å²) in [5, 5.41) is 3.20. The lowest BCUT2D eigenvalue weighted by Crippen LogP contribution is -2.43. The van der Waals surface area contributed by atoms with Crippen molar-refractivity contribution in [2.24, 2.45) is 0 Å². The highest BCUT2D eigenvalue weighted by molar-refractivity contribution is 5.76. The quantitative estimate of drug-likeness (QED) is 0.603. The predicted molar refractivity (Wildman–Crippen MR) is 119 cm³/mol. The van der Waals surface area contributed by atoms with Crippen LogP contribution in [-0.2, 0) is 16.1 Å². The monoisotopic (exact) mass is 423 g/mol. The molecule has 1 aliphatic rings.